The van der Waals surface area contributed by atoms with E-state index in [1.165, 1.54) is 20.8 Å². The number of ether oxygens (including phenoxy) is 3. The Hall–Kier alpha value is -10.4. The van der Waals surface area contributed by atoms with Crippen LogP contribution in [0.4, 0.5) is 0 Å². The van der Waals surface area contributed by atoms with Crippen LogP contribution in [-0.2, 0) is 57.4 Å². The summed E-state index contributed by atoms with van der Waals surface area (Å²) < 4.78 is 19.7. The van der Waals surface area contributed by atoms with Crippen molar-refractivity contribution in [2.45, 2.75) is 148 Å². The summed E-state index contributed by atoms with van der Waals surface area (Å²) in [4.78, 5) is 126. The minimum atomic E-state index is -0.388. The maximum absolute atomic E-state index is 13.5. The van der Waals surface area contributed by atoms with Crippen LogP contribution < -0.4 is 16.0 Å². The molecular formula is C87H86N6O12. The van der Waals surface area contributed by atoms with Crippen molar-refractivity contribution in [3.63, 3.8) is 0 Å². The van der Waals surface area contributed by atoms with E-state index < -0.39 is 0 Å². The molecule has 6 heterocycles. The van der Waals surface area contributed by atoms with Crippen LogP contribution in [0.2, 0.25) is 0 Å². The Morgan fingerprint density at radius 3 is 1.27 bits per heavy atom. The van der Waals surface area contributed by atoms with E-state index in [9.17, 15) is 43.2 Å². The number of benzene rings is 3. The third-order valence-electron chi connectivity index (χ3n) is 25.2. The molecule has 105 heavy (non-hydrogen) atoms. The highest BCUT2D eigenvalue weighted by molar-refractivity contribution is 6.02. The lowest BCUT2D eigenvalue weighted by molar-refractivity contribution is -0.121. The molecule has 18 rings (SSSR count). The van der Waals surface area contributed by atoms with E-state index in [2.05, 4.69) is 125 Å². The highest BCUT2D eigenvalue weighted by Crippen LogP contribution is 2.63. The van der Waals surface area contributed by atoms with E-state index >= 15 is 0 Å². The average Bonchev–Trinajstić information content (AvgIpc) is 1.61. The topological polar surface area (TPSA) is 256 Å². The van der Waals surface area contributed by atoms with Gasteiger partial charge in [-0.2, -0.15) is 0 Å². The van der Waals surface area contributed by atoms with Gasteiger partial charge in [0.05, 0.1) is 28.6 Å². The Labute approximate surface area is 609 Å². The molecule has 0 saturated heterocycles. The monoisotopic (exact) mass is 1410 g/mol. The van der Waals surface area contributed by atoms with Gasteiger partial charge in [-0.25, -0.2) is 0 Å². The summed E-state index contributed by atoms with van der Waals surface area (Å²) >= 11 is 0. The average molecular weight is 1410 g/mol. The molecule has 0 radical (unpaired) electrons. The first kappa shape index (κ1) is 69.0. The third kappa shape index (κ3) is 12.5. The fraction of sp³-hybridized carbons (Fsp3) is 0.402. The maximum Gasteiger partial charge on any atom is 0.216 e. The molecule has 536 valence electrons. The molecule has 18 heteroatoms. The largest absolute Gasteiger partial charge is 0.489 e. The van der Waals surface area contributed by atoms with Crippen molar-refractivity contribution < 1.29 is 57.4 Å². The number of amides is 3. The molecule has 3 N–H and O–H groups in total. The van der Waals surface area contributed by atoms with Gasteiger partial charge in [0.2, 0.25) is 17.7 Å². The fourth-order valence-electron chi connectivity index (χ4n) is 19.9. The van der Waals surface area contributed by atoms with Crippen molar-refractivity contribution in [1.82, 2.24) is 30.9 Å². The zero-order valence-electron chi connectivity index (χ0n) is 60.0. The van der Waals surface area contributed by atoms with Gasteiger partial charge in [0, 0.05) is 186 Å². The predicted molar refractivity (Wildman–Crippen MR) is 394 cm³/mol. The standard InChI is InChI=1S/C29H28N2O4.C29H30N2O4.C29H28N2O4/c1-16(32)31-14-17-9-24(33)22-12-20-5-7-29(2)23(28(20)35-26(22)10-17)13-25(34)27(29)19-3-4-21-15-30-8-6-18(21)11-19;2*1-16(32)31-14-17-9-24(33)22-12-20-5-7-29(2)23(28(20)35-26(22)10-17)13-25(34)27(29)19-4-3-18-6-8-30-15-21(18)11-19/h3-8,11-12,15,17,23,27-28H,9-10,13-14H2,1-2H3,(H,31,32);3-4,6,8,11-12,15,17,23,27-28H,5,7,9-10,13-14H2,1-2H3,(H,31,32);3-8,11-12,15,17,23,27-28H,9-10,13-14H2,1-2H3,(H,31,32)/t3*17?,23-,27-,28+,29-/m000/s1. The van der Waals surface area contributed by atoms with Crippen molar-refractivity contribution in [3.05, 3.63) is 220 Å². The Morgan fingerprint density at radius 2 is 0.810 bits per heavy atom. The summed E-state index contributed by atoms with van der Waals surface area (Å²) in [5.74, 6) is 2.24. The molecule has 3 aromatic heterocycles. The summed E-state index contributed by atoms with van der Waals surface area (Å²) in [6.45, 7) is 12.4. The Balaban J connectivity index is 0.000000121. The van der Waals surface area contributed by atoms with Crippen LogP contribution in [0.25, 0.3) is 32.3 Å². The van der Waals surface area contributed by atoms with E-state index in [0.717, 1.165) is 84.3 Å². The number of nitrogens with zero attached hydrogens (tertiary/aromatic N) is 3. The van der Waals surface area contributed by atoms with Crippen molar-refractivity contribution in [2.75, 3.05) is 19.6 Å². The second-order valence-corrected chi connectivity index (χ2v) is 32.0. The van der Waals surface area contributed by atoms with Gasteiger partial charge >= 0.3 is 0 Å². The quantitative estimate of drug-likeness (QED) is 0.122. The van der Waals surface area contributed by atoms with Crippen LogP contribution in [0.5, 0.6) is 0 Å². The molecular weight excluding hydrogens is 1320 g/mol. The van der Waals surface area contributed by atoms with Crippen molar-refractivity contribution in [2.24, 2.45) is 51.8 Å². The first-order valence-electron chi connectivity index (χ1n) is 37.1. The summed E-state index contributed by atoms with van der Waals surface area (Å²) in [6, 6.07) is 24.7. The van der Waals surface area contributed by atoms with Gasteiger partial charge < -0.3 is 30.2 Å². The molecule has 9 aliphatic carbocycles. The Morgan fingerprint density at radius 1 is 0.429 bits per heavy atom. The van der Waals surface area contributed by atoms with Gasteiger partial charge in [-0.05, 0) is 134 Å². The molecule has 6 aromatic rings. The number of nitrogens with one attached hydrogen (secondary N) is 3. The third-order valence-corrected chi connectivity index (χ3v) is 25.2. The number of Topliss-reactive ketones (excluding diaryl/α,β-unsaturated/α-hetero) is 6. The molecule has 15 atom stereocenters. The van der Waals surface area contributed by atoms with Crippen LogP contribution >= 0.6 is 0 Å². The van der Waals surface area contributed by atoms with E-state index in [4.69, 9.17) is 14.2 Å². The number of allylic oxidation sites excluding steroid dienone is 11. The zero-order valence-corrected chi connectivity index (χ0v) is 60.0. The molecule has 3 unspecified atom stereocenters. The molecule has 3 aromatic carbocycles. The van der Waals surface area contributed by atoms with Crippen LogP contribution in [0.1, 0.15) is 147 Å². The Bertz CT molecular complexity index is 4840. The molecule has 3 amide bonds. The number of hydrogen-bond donors (Lipinski definition) is 3. The van der Waals surface area contributed by atoms with Gasteiger partial charge in [-0.15, -0.1) is 0 Å². The lowest BCUT2D eigenvalue weighted by atomic mass is 9.61. The second kappa shape index (κ2) is 27.0. The summed E-state index contributed by atoms with van der Waals surface area (Å²) in [5, 5.41) is 14.9. The maximum atomic E-state index is 13.5. The number of rotatable bonds is 9. The minimum Gasteiger partial charge on any atom is -0.489 e. The number of carbonyl (C=O) groups is 9. The van der Waals surface area contributed by atoms with E-state index in [1.807, 2.05) is 61.1 Å². The van der Waals surface area contributed by atoms with Crippen molar-refractivity contribution in [1.29, 1.82) is 0 Å². The Kier molecular flexibility index (Phi) is 17.7. The van der Waals surface area contributed by atoms with Crippen LogP contribution in [0.3, 0.4) is 0 Å². The number of aromatic nitrogens is 3. The number of hydrogen-bond acceptors (Lipinski definition) is 15. The number of carbonyl (C=O) groups excluding carboxylic acids is 9. The summed E-state index contributed by atoms with van der Waals surface area (Å²) in [7, 11) is 0. The van der Waals surface area contributed by atoms with Gasteiger partial charge in [0.15, 0.2) is 17.3 Å². The van der Waals surface area contributed by atoms with Crippen LogP contribution in [0, 0.1) is 51.8 Å². The highest BCUT2D eigenvalue weighted by Gasteiger charge is 2.61. The molecule has 0 spiro atoms. The highest BCUT2D eigenvalue weighted by atomic mass is 16.5. The van der Waals surface area contributed by atoms with Crippen LogP contribution in [0.15, 0.2) is 203 Å². The number of ketones is 6. The lowest BCUT2D eigenvalue weighted by Gasteiger charge is -2.47. The zero-order chi connectivity index (χ0) is 73.0. The SMILES string of the molecule is CC(=O)NCC1CC(=O)C2=C(C1)O[C@@H]1C(=C2)C=C[C@]2(C)[C@@H](c3ccc4ccncc4c3)C(=O)C[C@@H]12.CC(=O)NCC1CC(=O)C2=C(C1)O[C@@H]1C(=C2)C=C[C@]2(C)[C@@H](c3ccc4cnccc4c3)C(=O)C[C@@H]12.CC(=O)NCC1CC(=O)C2=C(C1)O[C@@H]1C(=C2)CC[C@]2(C)[C@@H](c3ccc4ccncc4c3)C(=O)C[C@@H]12. The minimum absolute atomic E-state index is 0.00994. The second-order valence-electron chi connectivity index (χ2n) is 32.0. The molecule has 4 saturated carbocycles. The molecule has 18 nitrogen and oxygen atoms in total. The van der Waals surface area contributed by atoms with Gasteiger partial charge in [0.1, 0.15) is 52.9 Å². The van der Waals surface area contributed by atoms with Crippen molar-refractivity contribution >= 4 is 84.7 Å². The predicted octanol–water partition coefficient (Wildman–Crippen LogP) is 12.8. The van der Waals surface area contributed by atoms with E-state index in [-0.39, 0.29) is 140 Å². The summed E-state index contributed by atoms with van der Waals surface area (Å²) in [6.07, 6.45) is 30.8. The van der Waals surface area contributed by atoms with E-state index in [1.54, 1.807) is 18.6 Å². The number of pyridine rings is 3. The molecule has 12 aliphatic rings. The van der Waals surface area contributed by atoms with E-state index in [0.29, 0.717) is 106 Å². The number of fused-ring (bicyclic) bond motifs is 12. The lowest BCUT2D eigenvalue weighted by Crippen LogP contribution is -2.44. The molecule has 3 aliphatic heterocycles. The van der Waals surface area contributed by atoms with Gasteiger partial charge in [-0.1, -0.05) is 87.5 Å². The summed E-state index contributed by atoms with van der Waals surface area (Å²) in [5.41, 5.74) is 7.19. The first-order chi connectivity index (χ1) is 50.5. The molecule has 4 fully saturated rings. The normalized spacial score (nSPS) is 31.6. The van der Waals surface area contributed by atoms with Gasteiger partial charge in [-0.3, -0.25) is 58.1 Å². The smallest absolute Gasteiger partial charge is 0.216 e. The molecule has 0 bridgehead atoms. The van der Waals surface area contributed by atoms with Gasteiger partial charge in [0.25, 0.3) is 0 Å². The van der Waals surface area contributed by atoms with Crippen LogP contribution in [-0.4, -0.2) is 105 Å². The van der Waals surface area contributed by atoms with Crippen molar-refractivity contribution in [3.8, 4) is 0 Å². The first-order valence-corrected chi connectivity index (χ1v) is 37.1. The fourth-order valence-corrected chi connectivity index (χ4v) is 19.9.